The van der Waals surface area contributed by atoms with Gasteiger partial charge in [-0.1, -0.05) is 26.4 Å². The van der Waals surface area contributed by atoms with Gasteiger partial charge in [0.2, 0.25) is 0 Å². The SMILES string of the molecule is CB(C)CC1CCCC(C)N1. The third-order valence-corrected chi connectivity index (χ3v) is 2.47. The fourth-order valence-corrected chi connectivity index (χ4v) is 1.99. The van der Waals surface area contributed by atoms with E-state index in [0.717, 1.165) is 18.8 Å². The molecule has 0 aromatic heterocycles. The van der Waals surface area contributed by atoms with E-state index in [4.69, 9.17) is 0 Å². The Morgan fingerprint density at radius 1 is 1.36 bits per heavy atom. The minimum atomic E-state index is 0.757. The fourth-order valence-electron chi connectivity index (χ4n) is 1.99. The topological polar surface area (TPSA) is 12.0 Å². The molecule has 11 heavy (non-hydrogen) atoms. The molecule has 0 aliphatic carbocycles. The van der Waals surface area contributed by atoms with Crippen LogP contribution in [0.4, 0.5) is 0 Å². The molecule has 0 aromatic carbocycles. The van der Waals surface area contributed by atoms with Crippen molar-refractivity contribution in [2.24, 2.45) is 0 Å². The van der Waals surface area contributed by atoms with E-state index in [1.165, 1.54) is 25.6 Å². The van der Waals surface area contributed by atoms with Crippen LogP contribution in [0.3, 0.4) is 0 Å². The smallest absolute Gasteiger partial charge is 0.135 e. The van der Waals surface area contributed by atoms with Crippen molar-refractivity contribution in [1.82, 2.24) is 5.32 Å². The standard InChI is InChI=1S/C9H20BN/c1-8-5-4-6-9(11-8)7-10(2)3/h8-9,11H,4-7H2,1-3H3. The molecule has 2 heteroatoms. The van der Waals surface area contributed by atoms with Crippen molar-refractivity contribution in [3.05, 3.63) is 0 Å². The molecule has 0 aromatic rings. The van der Waals surface area contributed by atoms with Crippen molar-refractivity contribution < 1.29 is 0 Å². The fraction of sp³-hybridized carbons (Fsp3) is 1.00. The van der Waals surface area contributed by atoms with Gasteiger partial charge in [0.05, 0.1) is 0 Å². The summed E-state index contributed by atoms with van der Waals surface area (Å²) in [5.74, 6) is 0. The summed E-state index contributed by atoms with van der Waals surface area (Å²) in [7, 11) is 0. The van der Waals surface area contributed by atoms with Crippen LogP contribution in [0.5, 0.6) is 0 Å². The highest BCUT2D eigenvalue weighted by atomic mass is 14.9. The normalized spacial score (nSPS) is 31.9. The summed E-state index contributed by atoms with van der Waals surface area (Å²) >= 11 is 0. The van der Waals surface area contributed by atoms with Gasteiger partial charge in [0, 0.05) is 12.1 Å². The molecule has 1 aliphatic rings. The first-order valence-electron chi connectivity index (χ1n) is 4.94. The second-order valence-corrected chi connectivity index (χ2v) is 4.33. The third kappa shape index (κ3) is 3.28. The Morgan fingerprint density at radius 2 is 2.09 bits per heavy atom. The summed E-state index contributed by atoms with van der Waals surface area (Å²) in [6.07, 6.45) is 5.53. The first-order valence-corrected chi connectivity index (χ1v) is 4.94. The molecule has 0 saturated carbocycles. The Morgan fingerprint density at radius 3 is 2.64 bits per heavy atom. The molecule has 1 heterocycles. The van der Waals surface area contributed by atoms with Crippen molar-refractivity contribution in [1.29, 1.82) is 0 Å². The Bertz CT molecular complexity index is 112. The number of nitrogens with one attached hydrogen (secondary N) is 1. The van der Waals surface area contributed by atoms with Gasteiger partial charge < -0.3 is 5.32 Å². The van der Waals surface area contributed by atoms with Gasteiger partial charge in [-0.15, -0.1) is 0 Å². The summed E-state index contributed by atoms with van der Waals surface area (Å²) < 4.78 is 0. The van der Waals surface area contributed by atoms with Gasteiger partial charge in [0.15, 0.2) is 0 Å². The summed E-state index contributed by atoms with van der Waals surface area (Å²) in [5, 5.41) is 3.65. The summed E-state index contributed by atoms with van der Waals surface area (Å²) in [6.45, 7) is 7.76. The van der Waals surface area contributed by atoms with E-state index in [-0.39, 0.29) is 0 Å². The minimum absolute atomic E-state index is 0.757. The lowest BCUT2D eigenvalue weighted by atomic mass is 9.50. The first kappa shape index (κ1) is 9.12. The second-order valence-electron chi connectivity index (χ2n) is 4.33. The van der Waals surface area contributed by atoms with Crippen molar-refractivity contribution in [2.75, 3.05) is 0 Å². The number of piperidine rings is 1. The zero-order chi connectivity index (χ0) is 8.27. The maximum absolute atomic E-state index is 3.65. The quantitative estimate of drug-likeness (QED) is 0.600. The molecule has 1 aliphatic heterocycles. The van der Waals surface area contributed by atoms with E-state index in [0.29, 0.717) is 0 Å². The van der Waals surface area contributed by atoms with E-state index in [1.54, 1.807) is 0 Å². The lowest BCUT2D eigenvalue weighted by molar-refractivity contribution is 0.351. The molecule has 1 nitrogen and oxygen atoms in total. The predicted molar refractivity (Wildman–Crippen MR) is 52.5 cm³/mol. The van der Waals surface area contributed by atoms with Crippen LogP contribution in [-0.4, -0.2) is 18.8 Å². The molecule has 1 N–H and O–H groups in total. The minimum Gasteiger partial charge on any atom is -0.312 e. The molecule has 64 valence electrons. The molecule has 0 radical (unpaired) electrons. The van der Waals surface area contributed by atoms with Gasteiger partial charge in [-0.2, -0.15) is 0 Å². The Hall–Kier alpha value is 0.0249. The summed E-state index contributed by atoms with van der Waals surface area (Å²) in [6, 6.07) is 1.56. The van der Waals surface area contributed by atoms with Crippen molar-refractivity contribution >= 4 is 6.71 Å². The molecule has 2 atom stereocenters. The van der Waals surface area contributed by atoms with Gasteiger partial charge >= 0.3 is 0 Å². The highest BCUT2D eigenvalue weighted by molar-refractivity contribution is 6.55. The van der Waals surface area contributed by atoms with Gasteiger partial charge in [-0.05, 0) is 19.8 Å². The molecule has 1 fully saturated rings. The number of hydrogen-bond donors (Lipinski definition) is 1. The third-order valence-electron chi connectivity index (χ3n) is 2.47. The molecule has 1 saturated heterocycles. The van der Waals surface area contributed by atoms with E-state index in [1.807, 2.05) is 0 Å². The van der Waals surface area contributed by atoms with Crippen molar-refractivity contribution in [3.63, 3.8) is 0 Å². The molecule has 0 spiro atoms. The molecular formula is C9H20BN. The van der Waals surface area contributed by atoms with Crippen LogP contribution in [0.25, 0.3) is 0 Å². The van der Waals surface area contributed by atoms with Crippen LogP contribution in [0, 0.1) is 0 Å². The second kappa shape index (κ2) is 4.15. The largest absolute Gasteiger partial charge is 0.312 e. The first-order chi connectivity index (χ1) is 5.18. The van der Waals surface area contributed by atoms with Gasteiger partial charge in [0.1, 0.15) is 6.71 Å². The lowest BCUT2D eigenvalue weighted by Gasteiger charge is -2.29. The van der Waals surface area contributed by atoms with E-state index >= 15 is 0 Å². The van der Waals surface area contributed by atoms with Gasteiger partial charge in [0.25, 0.3) is 0 Å². The van der Waals surface area contributed by atoms with Crippen LogP contribution in [-0.2, 0) is 0 Å². The van der Waals surface area contributed by atoms with Crippen LogP contribution < -0.4 is 5.32 Å². The zero-order valence-electron chi connectivity index (χ0n) is 8.06. The maximum Gasteiger partial charge on any atom is 0.135 e. The van der Waals surface area contributed by atoms with Crippen molar-refractivity contribution in [3.8, 4) is 0 Å². The highest BCUT2D eigenvalue weighted by Gasteiger charge is 2.18. The average molecular weight is 153 g/mol. The van der Waals surface area contributed by atoms with E-state index < -0.39 is 0 Å². The van der Waals surface area contributed by atoms with Crippen LogP contribution in [0.15, 0.2) is 0 Å². The predicted octanol–water partition coefficient (Wildman–Crippen LogP) is 2.27. The van der Waals surface area contributed by atoms with Crippen molar-refractivity contribution in [2.45, 2.75) is 58.2 Å². The molecule has 0 amide bonds. The van der Waals surface area contributed by atoms with E-state index in [9.17, 15) is 0 Å². The average Bonchev–Trinajstić information content (AvgIpc) is 1.85. The highest BCUT2D eigenvalue weighted by Crippen LogP contribution is 2.16. The Kier molecular flexibility index (Phi) is 3.44. The van der Waals surface area contributed by atoms with Crippen LogP contribution in [0.2, 0.25) is 20.0 Å². The molecular weight excluding hydrogens is 133 g/mol. The lowest BCUT2D eigenvalue weighted by Crippen LogP contribution is -2.41. The van der Waals surface area contributed by atoms with Gasteiger partial charge in [-0.25, -0.2) is 0 Å². The zero-order valence-corrected chi connectivity index (χ0v) is 8.06. The monoisotopic (exact) mass is 153 g/mol. The maximum atomic E-state index is 3.65. The number of rotatable bonds is 2. The van der Waals surface area contributed by atoms with E-state index in [2.05, 4.69) is 25.9 Å². The Balaban J connectivity index is 2.23. The molecule has 0 bridgehead atoms. The van der Waals surface area contributed by atoms with Crippen LogP contribution >= 0.6 is 0 Å². The Labute approximate surface area is 71.0 Å². The molecule has 2 unspecified atom stereocenters. The summed E-state index contributed by atoms with van der Waals surface area (Å²) in [4.78, 5) is 0. The van der Waals surface area contributed by atoms with Crippen LogP contribution in [0.1, 0.15) is 26.2 Å². The summed E-state index contributed by atoms with van der Waals surface area (Å²) in [5.41, 5.74) is 0. The van der Waals surface area contributed by atoms with Gasteiger partial charge in [-0.3, -0.25) is 0 Å². The number of hydrogen-bond acceptors (Lipinski definition) is 1. The molecule has 1 rings (SSSR count).